The van der Waals surface area contributed by atoms with Gasteiger partial charge in [-0.1, -0.05) is 0 Å². The number of pyridine rings is 1. The second-order valence-corrected chi connectivity index (χ2v) is 3.67. The molecule has 0 unspecified atom stereocenters. The van der Waals surface area contributed by atoms with E-state index in [9.17, 15) is 4.79 Å². The molecule has 1 amide bonds. The first-order valence-electron chi connectivity index (χ1n) is 4.25. The van der Waals surface area contributed by atoms with Crippen molar-refractivity contribution in [3.8, 4) is 0 Å². The Morgan fingerprint density at radius 2 is 2.33 bits per heavy atom. The number of hydrogen-bond acceptors (Lipinski definition) is 3. The molecule has 4 nitrogen and oxygen atoms in total. The van der Waals surface area contributed by atoms with E-state index in [0.29, 0.717) is 0 Å². The number of nitrogens with zero attached hydrogens (tertiary/aromatic N) is 2. The third-order valence-corrected chi connectivity index (χ3v) is 2.20. The number of carbonyl (C=O) groups excluding carboxylic acids is 1. The average Bonchev–Trinajstić information content (AvgIpc) is 2.26. The Hall–Kier alpha value is -1.20. The van der Waals surface area contributed by atoms with Gasteiger partial charge < -0.3 is 0 Å². The van der Waals surface area contributed by atoms with Gasteiger partial charge in [-0.3, -0.25) is 14.6 Å². The SMILES string of the molecule is CON(C)C(=O)C=Cc1ccc(Br)cn1. The van der Waals surface area contributed by atoms with E-state index in [1.807, 2.05) is 6.07 Å². The van der Waals surface area contributed by atoms with Gasteiger partial charge in [0.1, 0.15) is 0 Å². The van der Waals surface area contributed by atoms with E-state index in [1.54, 1.807) is 25.4 Å². The third kappa shape index (κ3) is 3.81. The van der Waals surface area contributed by atoms with Gasteiger partial charge in [0.2, 0.25) is 0 Å². The molecular formula is C10H11BrN2O2. The van der Waals surface area contributed by atoms with Crippen LogP contribution in [0.15, 0.2) is 28.9 Å². The van der Waals surface area contributed by atoms with Crippen molar-refractivity contribution >= 4 is 27.9 Å². The molecule has 15 heavy (non-hydrogen) atoms. The highest BCUT2D eigenvalue weighted by atomic mass is 79.9. The van der Waals surface area contributed by atoms with E-state index in [4.69, 9.17) is 4.84 Å². The Morgan fingerprint density at radius 1 is 1.60 bits per heavy atom. The molecule has 5 heteroatoms. The van der Waals surface area contributed by atoms with Gasteiger partial charge in [0, 0.05) is 23.8 Å². The first-order chi connectivity index (χ1) is 7.13. The molecular weight excluding hydrogens is 260 g/mol. The van der Waals surface area contributed by atoms with E-state index in [1.165, 1.54) is 13.2 Å². The summed E-state index contributed by atoms with van der Waals surface area (Å²) in [6.45, 7) is 0. The summed E-state index contributed by atoms with van der Waals surface area (Å²) < 4.78 is 0.903. The Kier molecular flexibility index (Phi) is 4.45. The molecule has 0 aromatic carbocycles. The van der Waals surface area contributed by atoms with Crippen molar-refractivity contribution in [1.82, 2.24) is 10.0 Å². The minimum Gasteiger partial charge on any atom is -0.274 e. The minimum atomic E-state index is -0.234. The molecule has 0 aliphatic rings. The lowest BCUT2D eigenvalue weighted by molar-refractivity contribution is -0.162. The van der Waals surface area contributed by atoms with Crippen molar-refractivity contribution in [2.75, 3.05) is 14.2 Å². The number of likely N-dealkylation sites (N-methyl/N-ethyl adjacent to an activating group) is 1. The number of amides is 1. The zero-order valence-electron chi connectivity index (χ0n) is 8.48. The highest BCUT2D eigenvalue weighted by molar-refractivity contribution is 9.10. The second-order valence-electron chi connectivity index (χ2n) is 2.75. The van der Waals surface area contributed by atoms with Crippen LogP contribution < -0.4 is 0 Å². The Morgan fingerprint density at radius 3 is 2.87 bits per heavy atom. The lowest BCUT2D eigenvalue weighted by Gasteiger charge is -2.09. The second kappa shape index (κ2) is 5.63. The number of halogens is 1. The van der Waals surface area contributed by atoms with Crippen LogP contribution in [0.3, 0.4) is 0 Å². The Labute approximate surface area is 96.6 Å². The lowest BCUT2D eigenvalue weighted by Crippen LogP contribution is -2.22. The van der Waals surface area contributed by atoms with E-state index in [-0.39, 0.29) is 5.91 Å². The van der Waals surface area contributed by atoms with Crippen molar-refractivity contribution in [2.45, 2.75) is 0 Å². The number of rotatable bonds is 3. The van der Waals surface area contributed by atoms with Crippen LogP contribution >= 0.6 is 15.9 Å². The summed E-state index contributed by atoms with van der Waals surface area (Å²) in [5.74, 6) is -0.234. The summed E-state index contributed by atoms with van der Waals surface area (Å²) in [6, 6.07) is 3.66. The van der Waals surface area contributed by atoms with Gasteiger partial charge in [-0.05, 0) is 34.1 Å². The maximum atomic E-state index is 11.3. The first kappa shape index (κ1) is 11.9. The molecule has 1 aromatic heterocycles. The van der Waals surface area contributed by atoms with Crippen molar-refractivity contribution in [3.05, 3.63) is 34.6 Å². The van der Waals surface area contributed by atoms with E-state index < -0.39 is 0 Å². The summed E-state index contributed by atoms with van der Waals surface area (Å²) >= 11 is 3.28. The van der Waals surface area contributed by atoms with E-state index in [0.717, 1.165) is 15.2 Å². The van der Waals surface area contributed by atoms with Crippen LogP contribution in [0.2, 0.25) is 0 Å². The predicted octanol–water partition coefficient (Wildman–Crippen LogP) is 1.88. The molecule has 80 valence electrons. The molecule has 0 aliphatic heterocycles. The molecule has 0 aliphatic carbocycles. The standard InChI is InChI=1S/C10H11BrN2O2/c1-13(15-2)10(14)6-5-9-4-3-8(11)7-12-9/h3-7H,1-2H3. The molecule has 0 atom stereocenters. The maximum absolute atomic E-state index is 11.3. The average molecular weight is 271 g/mol. The number of hydroxylamine groups is 2. The van der Waals surface area contributed by atoms with Crippen LogP contribution in [0.5, 0.6) is 0 Å². The molecule has 1 heterocycles. The first-order valence-corrected chi connectivity index (χ1v) is 5.04. The molecule has 0 saturated carbocycles. The van der Waals surface area contributed by atoms with E-state index in [2.05, 4.69) is 20.9 Å². The molecule has 1 aromatic rings. The molecule has 0 saturated heterocycles. The van der Waals surface area contributed by atoms with Crippen LogP contribution in [0.1, 0.15) is 5.69 Å². The van der Waals surface area contributed by atoms with Crippen LogP contribution in [0, 0.1) is 0 Å². The normalized spacial score (nSPS) is 10.6. The largest absolute Gasteiger partial charge is 0.274 e. The van der Waals surface area contributed by atoms with Gasteiger partial charge in [0.15, 0.2) is 0 Å². The van der Waals surface area contributed by atoms with Crippen LogP contribution in [-0.4, -0.2) is 30.1 Å². The molecule has 0 radical (unpaired) electrons. The van der Waals surface area contributed by atoms with Gasteiger partial charge in [0.25, 0.3) is 5.91 Å². The monoisotopic (exact) mass is 270 g/mol. The summed E-state index contributed by atoms with van der Waals surface area (Å²) in [6.07, 6.45) is 4.70. The summed E-state index contributed by atoms with van der Waals surface area (Å²) in [5, 5.41) is 1.13. The fraction of sp³-hybridized carbons (Fsp3) is 0.200. The molecule has 0 N–H and O–H groups in total. The fourth-order valence-corrected chi connectivity index (χ4v) is 1.07. The quantitative estimate of drug-likeness (QED) is 0.622. The smallest absolute Gasteiger partial charge is 0.269 e. The zero-order valence-corrected chi connectivity index (χ0v) is 10.1. The number of carbonyl (C=O) groups is 1. The van der Waals surface area contributed by atoms with Crippen molar-refractivity contribution < 1.29 is 9.63 Å². The number of aromatic nitrogens is 1. The Bertz CT molecular complexity index is 362. The van der Waals surface area contributed by atoms with Crippen molar-refractivity contribution in [1.29, 1.82) is 0 Å². The number of hydrogen-bond donors (Lipinski definition) is 0. The molecule has 0 bridgehead atoms. The Balaban J connectivity index is 2.65. The van der Waals surface area contributed by atoms with Crippen molar-refractivity contribution in [3.63, 3.8) is 0 Å². The molecule has 1 rings (SSSR count). The predicted molar refractivity (Wildman–Crippen MR) is 60.8 cm³/mol. The van der Waals surface area contributed by atoms with Gasteiger partial charge in [0.05, 0.1) is 12.8 Å². The highest BCUT2D eigenvalue weighted by Gasteiger charge is 2.01. The summed E-state index contributed by atoms with van der Waals surface area (Å²) in [4.78, 5) is 20.1. The fourth-order valence-electron chi connectivity index (χ4n) is 0.837. The van der Waals surface area contributed by atoms with Crippen LogP contribution in [0.25, 0.3) is 6.08 Å². The maximum Gasteiger partial charge on any atom is 0.269 e. The molecule has 0 spiro atoms. The molecule has 0 fully saturated rings. The van der Waals surface area contributed by atoms with Crippen molar-refractivity contribution in [2.24, 2.45) is 0 Å². The third-order valence-electron chi connectivity index (χ3n) is 1.73. The van der Waals surface area contributed by atoms with Gasteiger partial charge in [-0.15, -0.1) is 0 Å². The zero-order chi connectivity index (χ0) is 11.3. The van der Waals surface area contributed by atoms with Crippen LogP contribution in [0.4, 0.5) is 0 Å². The topological polar surface area (TPSA) is 42.4 Å². The van der Waals surface area contributed by atoms with Gasteiger partial charge in [-0.2, -0.15) is 0 Å². The minimum absolute atomic E-state index is 0.234. The summed E-state index contributed by atoms with van der Waals surface area (Å²) in [7, 11) is 2.98. The lowest BCUT2D eigenvalue weighted by atomic mass is 10.3. The van der Waals surface area contributed by atoms with Gasteiger partial charge in [-0.25, -0.2) is 5.06 Å². The van der Waals surface area contributed by atoms with E-state index >= 15 is 0 Å². The van der Waals surface area contributed by atoms with Gasteiger partial charge >= 0.3 is 0 Å². The highest BCUT2D eigenvalue weighted by Crippen LogP contribution is 2.08. The van der Waals surface area contributed by atoms with Crippen LogP contribution in [-0.2, 0) is 9.63 Å². The summed E-state index contributed by atoms with van der Waals surface area (Å²) in [5.41, 5.74) is 0.719.